The number of halogens is 1. The first-order valence-electron chi connectivity index (χ1n) is 7.63. The van der Waals surface area contributed by atoms with Crippen molar-refractivity contribution in [3.8, 4) is 0 Å². The number of nitrogens with one attached hydrogen (secondary N) is 2. The second-order valence-corrected chi connectivity index (χ2v) is 5.95. The number of benzene rings is 2. The van der Waals surface area contributed by atoms with Crippen LogP contribution in [0.3, 0.4) is 0 Å². The van der Waals surface area contributed by atoms with Gasteiger partial charge in [0.2, 0.25) is 5.91 Å². The molecular formula is C18H21ClN4O. The molecule has 2 rings (SSSR count). The van der Waals surface area contributed by atoms with E-state index >= 15 is 0 Å². The zero-order valence-corrected chi connectivity index (χ0v) is 14.5. The van der Waals surface area contributed by atoms with Gasteiger partial charge in [0.25, 0.3) is 0 Å². The predicted molar refractivity (Wildman–Crippen MR) is 101 cm³/mol. The molecule has 0 aromatic heterocycles. The van der Waals surface area contributed by atoms with Crippen molar-refractivity contribution in [2.75, 3.05) is 17.2 Å². The van der Waals surface area contributed by atoms with Crippen molar-refractivity contribution in [3.05, 3.63) is 58.6 Å². The van der Waals surface area contributed by atoms with Crippen LogP contribution in [0.1, 0.15) is 17.5 Å². The van der Waals surface area contributed by atoms with Crippen molar-refractivity contribution in [1.82, 2.24) is 0 Å². The van der Waals surface area contributed by atoms with Gasteiger partial charge in [-0.1, -0.05) is 29.8 Å². The quantitative estimate of drug-likeness (QED) is 0.571. The maximum atomic E-state index is 11.9. The minimum absolute atomic E-state index is 0.159. The summed E-state index contributed by atoms with van der Waals surface area (Å²) in [5, 5.41) is 6.28. The Hall–Kier alpha value is -2.53. The summed E-state index contributed by atoms with van der Waals surface area (Å²) < 4.78 is 0. The van der Waals surface area contributed by atoms with E-state index in [1.807, 2.05) is 44.2 Å². The molecule has 0 spiro atoms. The number of guanidine groups is 1. The molecule has 0 aliphatic carbocycles. The number of hydrogen-bond donors (Lipinski definition) is 3. The lowest BCUT2D eigenvalue weighted by Gasteiger charge is -2.08. The minimum Gasteiger partial charge on any atom is -0.370 e. The fourth-order valence-electron chi connectivity index (χ4n) is 2.12. The molecule has 0 saturated carbocycles. The van der Waals surface area contributed by atoms with Crippen molar-refractivity contribution in [2.24, 2.45) is 10.7 Å². The van der Waals surface area contributed by atoms with Gasteiger partial charge in [-0.15, -0.1) is 0 Å². The molecule has 0 unspecified atom stereocenters. The van der Waals surface area contributed by atoms with Crippen LogP contribution in [-0.2, 0) is 4.79 Å². The molecule has 2 aromatic rings. The lowest BCUT2D eigenvalue weighted by atomic mass is 10.2. The van der Waals surface area contributed by atoms with Crippen LogP contribution in [0.2, 0.25) is 5.02 Å². The van der Waals surface area contributed by atoms with Gasteiger partial charge in [-0.25, -0.2) is 0 Å². The lowest BCUT2D eigenvalue weighted by Crippen LogP contribution is -2.23. The first-order chi connectivity index (χ1) is 11.4. The number of nitrogens with two attached hydrogens (primary N) is 1. The van der Waals surface area contributed by atoms with Gasteiger partial charge in [0.05, 0.1) is 17.3 Å². The molecule has 1 amide bonds. The van der Waals surface area contributed by atoms with Gasteiger partial charge in [-0.3, -0.25) is 9.79 Å². The monoisotopic (exact) mass is 344 g/mol. The number of hydrogen-bond acceptors (Lipinski definition) is 2. The molecule has 0 atom stereocenters. The highest BCUT2D eigenvalue weighted by atomic mass is 35.5. The van der Waals surface area contributed by atoms with Crippen LogP contribution in [0.25, 0.3) is 0 Å². The van der Waals surface area contributed by atoms with Gasteiger partial charge >= 0.3 is 0 Å². The molecule has 24 heavy (non-hydrogen) atoms. The van der Waals surface area contributed by atoms with Crippen LogP contribution >= 0.6 is 11.6 Å². The van der Waals surface area contributed by atoms with Crippen molar-refractivity contribution in [1.29, 1.82) is 0 Å². The minimum atomic E-state index is -0.159. The Bertz CT molecular complexity index is 758. The molecule has 0 fully saturated rings. The van der Waals surface area contributed by atoms with Crippen molar-refractivity contribution in [2.45, 2.75) is 20.3 Å². The summed E-state index contributed by atoms with van der Waals surface area (Å²) >= 11 is 6.09. The highest BCUT2D eigenvalue weighted by molar-refractivity contribution is 6.33. The molecule has 2 aromatic carbocycles. The fourth-order valence-corrected chi connectivity index (χ4v) is 2.40. The first kappa shape index (κ1) is 17.8. The summed E-state index contributed by atoms with van der Waals surface area (Å²) in [5.41, 5.74) is 9.45. The molecule has 5 nitrogen and oxygen atoms in total. The third-order valence-electron chi connectivity index (χ3n) is 3.31. The largest absolute Gasteiger partial charge is 0.370 e. The Labute approximate surface area is 146 Å². The molecule has 0 heterocycles. The van der Waals surface area contributed by atoms with E-state index in [2.05, 4.69) is 15.6 Å². The third kappa shape index (κ3) is 5.59. The summed E-state index contributed by atoms with van der Waals surface area (Å²) in [4.78, 5) is 16.1. The van der Waals surface area contributed by atoms with Gasteiger partial charge in [-0.05, 0) is 49.2 Å². The number of amides is 1. The number of carbonyl (C=O) groups is 1. The molecule has 6 heteroatoms. The summed E-state index contributed by atoms with van der Waals surface area (Å²) in [5.74, 6) is 0.120. The number of rotatable bonds is 5. The average molecular weight is 345 g/mol. The standard InChI is InChI=1S/C18H21ClN4O/c1-12-4-3-5-14(10-12)22-18(20)21-9-8-17(24)23-16-7-6-13(2)11-15(16)19/h3-7,10-11H,8-9H2,1-2H3,(H,23,24)(H3,20,21,22). The maximum absolute atomic E-state index is 11.9. The van der Waals surface area contributed by atoms with E-state index in [0.29, 0.717) is 17.3 Å². The number of carbonyl (C=O) groups excluding carboxylic acids is 1. The van der Waals surface area contributed by atoms with Crippen LogP contribution in [0, 0.1) is 13.8 Å². The van der Waals surface area contributed by atoms with E-state index in [-0.39, 0.29) is 18.3 Å². The molecule has 0 aliphatic heterocycles. The van der Waals surface area contributed by atoms with Crippen LogP contribution in [0.15, 0.2) is 47.5 Å². The van der Waals surface area contributed by atoms with Crippen molar-refractivity contribution >= 4 is 34.8 Å². The fraction of sp³-hybridized carbons (Fsp3) is 0.222. The smallest absolute Gasteiger partial charge is 0.226 e. The van der Waals surface area contributed by atoms with Crippen LogP contribution in [0.5, 0.6) is 0 Å². The molecular weight excluding hydrogens is 324 g/mol. The van der Waals surface area contributed by atoms with E-state index in [1.54, 1.807) is 12.1 Å². The Morgan fingerprint density at radius 1 is 1.12 bits per heavy atom. The zero-order chi connectivity index (χ0) is 17.5. The predicted octanol–water partition coefficient (Wildman–Crippen LogP) is 3.71. The van der Waals surface area contributed by atoms with Crippen LogP contribution < -0.4 is 16.4 Å². The maximum Gasteiger partial charge on any atom is 0.226 e. The SMILES string of the molecule is Cc1cccc(NC(N)=NCCC(=O)Nc2ccc(C)cc2Cl)c1. The van der Waals surface area contributed by atoms with Crippen molar-refractivity contribution < 1.29 is 4.79 Å². The summed E-state index contributed by atoms with van der Waals surface area (Å²) in [7, 11) is 0. The molecule has 0 saturated heterocycles. The lowest BCUT2D eigenvalue weighted by molar-refractivity contribution is -0.116. The Morgan fingerprint density at radius 3 is 2.58 bits per heavy atom. The van der Waals surface area contributed by atoms with E-state index in [0.717, 1.165) is 16.8 Å². The van der Waals surface area contributed by atoms with Crippen LogP contribution in [0.4, 0.5) is 11.4 Å². The summed E-state index contributed by atoms with van der Waals surface area (Å²) in [6.45, 7) is 4.23. The third-order valence-corrected chi connectivity index (χ3v) is 3.62. The van der Waals surface area contributed by atoms with E-state index in [1.165, 1.54) is 0 Å². The second-order valence-electron chi connectivity index (χ2n) is 5.54. The molecule has 0 bridgehead atoms. The average Bonchev–Trinajstić information content (AvgIpc) is 2.50. The topological polar surface area (TPSA) is 79.5 Å². The second kappa shape index (κ2) is 8.36. The normalized spacial score (nSPS) is 11.2. The van der Waals surface area contributed by atoms with Crippen molar-refractivity contribution in [3.63, 3.8) is 0 Å². The van der Waals surface area contributed by atoms with Gasteiger partial charge < -0.3 is 16.4 Å². The van der Waals surface area contributed by atoms with E-state index in [4.69, 9.17) is 17.3 Å². The Balaban J connectivity index is 1.82. The van der Waals surface area contributed by atoms with Gasteiger partial charge in [0.1, 0.15) is 0 Å². The highest BCUT2D eigenvalue weighted by Gasteiger charge is 2.05. The molecule has 126 valence electrons. The Kier molecular flexibility index (Phi) is 6.21. The first-order valence-corrected chi connectivity index (χ1v) is 8.01. The molecule has 0 radical (unpaired) electrons. The molecule has 4 N–H and O–H groups in total. The van der Waals surface area contributed by atoms with Gasteiger partial charge in [0.15, 0.2) is 5.96 Å². The summed E-state index contributed by atoms with van der Waals surface area (Å²) in [6.07, 6.45) is 0.223. The molecule has 0 aliphatic rings. The van der Waals surface area contributed by atoms with E-state index < -0.39 is 0 Å². The summed E-state index contributed by atoms with van der Waals surface area (Å²) in [6, 6.07) is 13.3. The number of nitrogens with zero attached hydrogens (tertiary/aromatic N) is 1. The Morgan fingerprint density at radius 2 is 1.88 bits per heavy atom. The van der Waals surface area contributed by atoms with Crippen LogP contribution in [-0.4, -0.2) is 18.4 Å². The van der Waals surface area contributed by atoms with E-state index in [9.17, 15) is 4.79 Å². The zero-order valence-electron chi connectivity index (χ0n) is 13.8. The highest BCUT2D eigenvalue weighted by Crippen LogP contribution is 2.22. The van der Waals surface area contributed by atoms with Gasteiger partial charge in [0, 0.05) is 12.1 Å². The number of anilines is 2. The number of aryl methyl sites for hydroxylation is 2. The number of aliphatic imine (C=N–C) groups is 1. The van der Waals surface area contributed by atoms with Gasteiger partial charge in [-0.2, -0.15) is 0 Å².